The standard InChI is InChI=1S/C26H38O8/c1-24-9-5-16(32-22(28)30-3)13-15(24)14-19(33-23(29)31-4)21-17(24)6-10-25(2)18(21)7-11-26(25)12-8-20(27)34-26/h14,16-21,27H,5-13H2,1-4H3/t16-,17?,18?,19-,20?,21?,24-,25-,26+/m0/s1. The molecule has 0 bridgehead atoms. The number of hydrogen-bond acceptors (Lipinski definition) is 8. The van der Waals surface area contributed by atoms with E-state index < -0.39 is 24.7 Å². The van der Waals surface area contributed by atoms with Gasteiger partial charge in [0.15, 0.2) is 6.29 Å². The third-order valence-electron chi connectivity index (χ3n) is 10.3. The molecule has 0 aromatic carbocycles. The zero-order valence-electron chi connectivity index (χ0n) is 20.7. The molecule has 0 amide bonds. The average Bonchev–Trinajstić information content (AvgIpc) is 3.34. The van der Waals surface area contributed by atoms with Crippen molar-refractivity contribution in [3.63, 3.8) is 0 Å². The summed E-state index contributed by atoms with van der Waals surface area (Å²) in [5.41, 5.74) is 0.793. The number of ether oxygens (including phenoxy) is 5. The first-order chi connectivity index (χ1) is 16.2. The van der Waals surface area contributed by atoms with Crippen LogP contribution in [0, 0.1) is 28.6 Å². The molecule has 4 fully saturated rings. The number of fused-ring (bicyclic) bond motifs is 6. The third-order valence-corrected chi connectivity index (χ3v) is 10.3. The lowest BCUT2D eigenvalue weighted by molar-refractivity contribution is -0.200. The maximum atomic E-state index is 12.3. The molecule has 1 heterocycles. The quantitative estimate of drug-likeness (QED) is 0.449. The Balaban J connectivity index is 1.49. The minimum absolute atomic E-state index is 0.0379. The molecule has 3 saturated carbocycles. The van der Waals surface area contributed by atoms with Gasteiger partial charge in [0.25, 0.3) is 0 Å². The fourth-order valence-electron chi connectivity index (χ4n) is 8.58. The maximum absolute atomic E-state index is 12.3. The van der Waals surface area contributed by atoms with Gasteiger partial charge in [0.1, 0.15) is 12.2 Å². The maximum Gasteiger partial charge on any atom is 0.508 e. The Morgan fingerprint density at radius 1 is 0.941 bits per heavy atom. The Hall–Kier alpha value is -1.80. The number of carbonyl (C=O) groups is 2. The molecule has 1 spiro atoms. The van der Waals surface area contributed by atoms with Gasteiger partial charge in [-0.15, -0.1) is 0 Å². The van der Waals surface area contributed by atoms with Gasteiger partial charge in [-0.1, -0.05) is 19.4 Å². The second-order valence-corrected chi connectivity index (χ2v) is 11.5. The van der Waals surface area contributed by atoms with Crippen molar-refractivity contribution in [2.45, 2.75) is 95.7 Å². The second-order valence-electron chi connectivity index (χ2n) is 11.5. The van der Waals surface area contributed by atoms with Gasteiger partial charge in [-0.05, 0) is 73.7 Å². The summed E-state index contributed by atoms with van der Waals surface area (Å²) in [6.45, 7) is 4.67. The Morgan fingerprint density at radius 2 is 1.62 bits per heavy atom. The molecule has 1 aliphatic heterocycles. The fraction of sp³-hybridized carbons (Fsp3) is 0.846. The van der Waals surface area contributed by atoms with E-state index in [4.69, 9.17) is 23.7 Å². The third kappa shape index (κ3) is 3.47. The van der Waals surface area contributed by atoms with Crippen LogP contribution in [0.15, 0.2) is 11.6 Å². The molecule has 0 aromatic heterocycles. The van der Waals surface area contributed by atoms with Crippen LogP contribution in [-0.2, 0) is 23.7 Å². The van der Waals surface area contributed by atoms with Crippen LogP contribution in [0.2, 0.25) is 0 Å². The molecule has 0 radical (unpaired) electrons. The minimum atomic E-state index is -0.684. The zero-order valence-corrected chi connectivity index (χ0v) is 20.7. The first kappa shape index (κ1) is 23.9. The van der Waals surface area contributed by atoms with Crippen molar-refractivity contribution in [3.8, 4) is 0 Å². The van der Waals surface area contributed by atoms with Crippen molar-refractivity contribution < 1.29 is 38.4 Å². The molecule has 1 saturated heterocycles. The highest BCUT2D eigenvalue weighted by atomic mass is 16.7. The lowest BCUT2D eigenvalue weighted by atomic mass is 9.46. The summed E-state index contributed by atoms with van der Waals surface area (Å²) < 4.78 is 27.2. The second kappa shape index (κ2) is 8.40. The van der Waals surface area contributed by atoms with Crippen molar-refractivity contribution >= 4 is 12.3 Å². The van der Waals surface area contributed by atoms with E-state index in [0.717, 1.165) is 44.9 Å². The number of rotatable bonds is 2. The molecule has 190 valence electrons. The van der Waals surface area contributed by atoms with Gasteiger partial charge in [0, 0.05) is 18.8 Å². The van der Waals surface area contributed by atoms with Crippen molar-refractivity contribution in [1.29, 1.82) is 0 Å². The van der Waals surface area contributed by atoms with Gasteiger partial charge < -0.3 is 28.8 Å². The van der Waals surface area contributed by atoms with E-state index in [0.29, 0.717) is 24.7 Å². The molecule has 4 aliphatic carbocycles. The number of aliphatic hydroxyl groups excluding tert-OH is 1. The first-order valence-electron chi connectivity index (χ1n) is 12.7. The number of carbonyl (C=O) groups excluding carboxylic acids is 2. The van der Waals surface area contributed by atoms with E-state index in [2.05, 4.69) is 19.9 Å². The van der Waals surface area contributed by atoms with E-state index >= 15 is 0 Å². The molecule has 34 heavy (non-hydrogen) atoms. The fourth-order valence-corrected chi connectivity index (χ4v) is 8.58. The molecular formula is C26H38O8. The molecule has 8 nitrogen and oxygen atoms in total. The SMILES string of the molecule is COC(=O)O[C@H]1CC[C@@]2(C)C(=C[C@H](OC(=O)OC)C3C2CC[C@@]2(C)C3CC[C@@]23CCC(O)O3)C1. The van der Waals surface area contributed by atoms with E-state index in [-0.39, 0.29) is 28.5 Å². The number of hydrogen-bond donors (Lipinski definition) is 1. The molecule has 1 N–H and O–H groups in total. The van der Waals surface area contributed by atoms with Crippen LogP contribution < -0.4 is 0 Å². The van der Waals surface area contributed by atoms with Crippen LogP contribution in [0.5, 0.6) is 0 Å². The molecule has 8 heteroatoms. The van der Waals surface area contributed by atoms with Gasteiger partial charge >= 0.3 is 12.3 Å². The van der Waals surface area contributed by atoms with Crippen molar-refractivity contribution in [2.75, 3.05) is 14.2 Å². The number of aliphatic hydroxyl groups is 1. The van der Waals surface area contributed by atoms with Gasteiger partial charge in [0.2, 0.25) is 0 Å². The number of methoxy groups -OCH3 is 2. The Kier molecular flexibility index (Phi) is 5.91. The predicted molar refractivity (Wildman–Crippen MR) is 121 cm³/mol. The minimum Gasteiger partial charge on any atom is -0.438 e. The molecule has 5 rings (SSSR count). The molecule has 0 aromatic rings. The highest BCUT2D eigenvalue weighted by molar-refractivity contribution is 5.60. The van der Waals surface area contributed by atoms with Gasteiger partial charge in [-0.25, -0.2) is 9.59 Å². The summed E-state index contributed by atoms with van der Waals surface area (Å²) in [4.78, 5) is 24.0. The summed E-state index contributed by atoms with van der Waals surface area (Å²) >= 11 is 0. The average molecular weight is 479 g/mol. The summed E-state index contributed by atoms with van der Waals surface area (Å²) in [6, 6.07) is 0. The van der Waals surface area contributed by atoms with Gasteiger partial charge in [-0.2, -0.15) is 0 Å². The van der Waals surface area contributed by atoms with Gasteiger partial charge in [0.05, 0.1) is 19.8 Å². The summed E-state index contributed by atoms with van der Waals surface area (Å²) in [7, 11) is 2.66. The smallest absolute Gasteiger partial charge is 0.438 e. The highest BCUT2D eigenvalue weighted by Gasteiger charge is 2.68. The van der Waals surface area contributed by atoms with Crippen LogP contribution in [0.25, 0.3) is 0 Å². The van der Waals surface area contributed by atoms with E-state index in [1.165, 1.54) is 19.8 Å². The van der Waals surface area contributed by atoms with Crippen LogP contribution in [0.1, 0.15) is 71.6 Å². The van der Waals surface area contributed by atoms with Gasteiger partial charge in [-0.3, -0.25) is 0 Å². The Morgan fingerprint density at radius 3 is 2.29 bits per heavy atom. The van der Waals surface area contributed by atoms with Crippen LogP contribution in [0.4, 0.5) is 9.59 Å². The lowest BCUT2D eigenvalue weighted by Crippen LogP contribution is -2.58. The van der Waals surface area contributed by atoms with Crippen molar-refractivity contribution in [1.82, 2.24) is 0 Å². The topological polar surface area (TPSA) is 101 Å². The van der Waals surface area contributed by atoms with Crippen LogP contribution in [-0.4, -0.2) is 55.7 Å². The normalized spacial score (nSPS) is 47.1. The van der Waals surface area contributed by atoms with Crippen LogP contribution >= 0.6 is 0 Å². The Bertz CT molecular complexity index is 871. The summed E-state index contributed by atoms with van der Waals surface area (Å²) in [5, 5.41) is 10.2. The molecule has 9 atom stereocenters. The van der Waals surface area contributed by atoms with E-state index in [9.17, 15) is 14.7 Å². The van der Waals surface area contributed by atoms with Crippen molar-refractivity contribution in [2.24, 2.45) is 28.6 Å². The largest absolute Gasteiger partial charge is 0.508 e. The highest BCUT2D eigenvalue weighted by Crippen LogP contribution is 2.70. The molecular weight excluding hydrogens is 440 g/mol. The summed E-state index contributed by atoms with van der Waals surface area (Å²) in [5.74, 6) is 0.830. The zero-order chi connectivity index (χ0) is 24.3. The predicted octanol–water partition coefficient (Wildman–Crippen LogP) is 4.73. The summed E-state index contributed by atoms with van der Waals surface area (Å²) in [6.07, 6.45) is 7.32. The Labute approximate surface area is 201 Å². The van der Waals surface area contributed by atoms with E-state index in [1.54, 1.807) is 0 Å². The first-order valence-corrected chi connectivity index (χ1v) is 12.7. The van der Waals surface area contributed by atoms with Crippen LogP contribution in [0.3, 0.4) is 0 Å². The van der Waals surface area contributed by atoms with E-state index in [1.807, 2.05) is 0 Å². The van der Waals surface area contributed by atoms with Crippen molar-refractivity contribution in [3.05, 3.63) is 11.6 Å². The monoisotopic (exact) mass is 478 g/mol. The molecule has 5 aliphatic rings. The lowest BCUT2D eigenvalue weighted by Gasteiger charge is -2.60. The molecule has 4 unspecified atom stereocenters.